The third kappa shape index (κ3) is 20.5. The minimum Gasteiger partial charge on any atom is -1.00 e. The second kappa shape index (κ2) is 30.2. The Kier molecular flexibility index (Phi) is 291. The summed E-state index contributed by atoms with van der Waals surface area (Å²) in [6, 6.07) is 0. The standard InChI is InChI=1S/Al.Ca.2FH.Na.6H/h;;2*1H;;;;;;;/q;+2;;;+1;;;;3*-1. The summed E-state index contributed by atoms with van der Waals surface area (Å²) in [7, 11) is 0. The fraction of sp³-hybridized carbons (Fsp3) is 0. The smallest absolute Gasteiger partial charge is 1.00 e. The second-order valence-corrected chi connectivity index (χ2v) is 0. The van der Waals surface area contributed by atoms with E-state index in [0.717, 1.165) is 0 Å². The molecule has 0 aromatic heterocycles. The average Bonchev–Trinajstić information content (AvgIpc) is 0. The van der Waals surface area contributed by atoms with E-state index in [0.29, 0.717) is 0 Å². The maximum Gasteiger partial charge on any atom is 2.00 e. The van der Waals surface area contributed by atoms with Crippen molar-refractivity contribution >= 4 is 55.1 Å². The van der Waals surface area contributed by atoms with E-state index in [1.54, 1.807) is 0 Å². The van der Waals surface area contributed by atoms with Gasteiger partial charge in [-0.2, -0.15) is 0 Å². The molecule has 5 heteroatoms. The maximum atomic E-state index is 0. The summed E-state index contributed by atoms with van der Waals surface area (Å²) in [5.74, 6) is 0. The van der Waals surface area contributed by atoms with Crippen LogP contribution in [0.4, 0.5) is 9.41 Å². The van der Waals surface area contributed by atoms with Gasteiger partial charge in [0.2, 0.25) is 0 Å². The molecular formula is H8AlCaF2Na. The first-order valence-electron chi connectivity index (χ1n) is 0. The van der Waals surface area contributed by atoms with E-state index < -0.39 is 0 Å². The Morgan fingerprint density at radius 2 is 1.00 bits per heavy atom. The van der Waals surface area contributed by atoms with Crippen molar-refractivity contribution < 1.29 is 43.2 Å². The first-order valence-corrected chi connectivity index (χ1v) is 0. The Hall–Kier alpha value is 2.65. The van der Waals surface area contributed by atoms with Crippen LogP contribution in [-0.4, -0.2) is 55.1 Å². The van der Waals surface area contributed by atoms with Crippen LogP contribution in [-0.2, 0) is 0 Å². The van der Waals surface area contributed by atoms with E-state index in [2.05, 4.69) is 0 Å². The minimum atomic E-state index is 0. The van der Waals surface area contributed by atoms with Crippen LogP contribution >= 0.6 is 0 Å². The molecular weight excluding hydrogens is 128 g/mol. The van der Waals surface area contributed by atoms with E-state index in [9.17, 15) is 0 Å². The summed E-state index contributed by atoms with van der Waals surface area (Å²) in [5.41, 5.74) is 0. The molecule has 0 bridgehead atoms. The predicted octanol–water partition coefficient (Wildman–Crippen LogP) is -3.92. The summed E-state index contributed by atoms with van der Waals surface area (Å²) in [5, 5.41) is 0. The molecule has 0 aliphatic carbocycles. The van der Waals surface area contributed by atoms with Crippen molar-refractivity contribution in [2.75, 3.05) is 0 Å². The minimum absolute atomic E-state index is 0. The van der Waals surface area contributed by atoms with Gasteiger partial charge < -0.3 is 4.28 Å². The van der Waals surface area contributed by atoms with Gasteiger partial charge in [-0.25, -0.2) is 0 Å². The van der Waals surface area contributed by atoms with Crippen LogP contribution in [0.3, 0.4) is 0 Å². The molecule has 0 aliphatic heterocycles. The van der Waals surface area contributed by atoms with Crippen molar-refractivity contribution in [3.05, 3.63) is 0 Å². The van der Waals surface area contributed by atoms with Gasteiger partial charge in [-0.3, -0.25) is 9.41 Å². The molecule has 0 radical (unpaired) electrons. The number of rotatable bonds is 0. The van der Waals surface area contributed by atoms with E-state index in [1.807, 2.05) is 0 Å². The molecule has 0 saturated heterocycles. The van der Waals surface area contributed by atoms with E-state index in [4.69, 9.17) is 0 Å². The fourth-order valence-electron chi connectivity index (χ4n) is 0. The first-order chi connectivity index (χ1) is 0. The Bertz CT molecular complexity index is 17.2. The molecule has 0 fully saturated rings. The van der Waals surface area contributed by atoms with Gasteiger partial charge in [-0.1, -0.05) is 0 Å². The van der Waals surface area contributed by atoms with Gasteiger partial charge in [0.1, 0.15) is 0 Å². The molecule has 0 heterocycles. The monoisotopic (exact) mass is 136 g/mol. The Labute approximate surface area is 96.7 Å². The van der Waals surface area contributed by atoms with Crippen molar-refractivity contribution in [1.82, 2.24) is 0 Å². The molecule has 0 atom stereocenters. The first kappa shape index (κ1) is 48.1. The van der Waals surface area contributed by atoms with Gasteiger partial charge in [0.05, 0.1) is 0 Å². The zero-order valence-electron chi connectivity index (χ0n) is 5.52. The summed E-state index contributed by atoms with van der Waals surface area (Å²) in [6.07, 6.45) is 0. The molecule has 0 nitrogen and oxygen atoms in total. The molecule has 0 aromatic rings. The van der Waals surface area contributed by atoms with Crippen molar-refractivity contribution in [2.45, 2.75) is 0 Å². The molecule has 0 aromatic carbocycles. The summed E-state index contributed by atoms with van der Waals surface area (Å²) < 4.78 is 0. The molecule has 5 heavy (non-hydrogen) atoms. The second-order valence-electron chi connectivity index (χ2n) is 0. The fourth-order valence-corrected chi connectivity index (χ4v) is 0. The largest absolute Gasteiger partial charge is 2.00 e. The van der Waals surface area contributed by atoms with Crippen LogP contribution in [0.2, 0.25) is 0 Å². The number of hydrogen-bond acceptors (Lipinski definition) is 0. The molecule has 0 spiro atoms. The summed E-state index contributed by atoms with van der Waals surface area (Å²) in [6.45, 7) is 0. The Morgan fingerprint density at radius 3 is 1.00 bits per heavy atom. The quantitative estimate of drug-likeness (QED) is 0.298. The molecule has 0 saturated carbocycles. The topological polar surface area (TPSA) is 0 Å². The van der Waals surface area contributed by atoms with E-state index in [1.165, 1.54) is 0 Å². The van der Waals surface area contributed by atoms with E-state index >= 15 is 0 Å². The van der Waals surface area contributed by atoms with Gasteiger partial charge in [0.15, 0.2) is 17.4 Å². The number of halogens is 2. The molecule has 0 aliphatic rings. The maximum absolute atomic E-state index is 0. The van der Waals surface area contributed by atoms with Gasteiger partial charge >= 0.3 is 67.3 Å². The SMILES string of the molecule is F.F.[AlH3].[Ca+2].[H-].[H-].[H-].[Na+]. The predicted molar refractivity (Wildman–Crippen MR) is 24.0 cm³/mol. The van der Waals surface area contributed by atoms with Crippen LogP contribution in [0.15, 0.2) is 0 Å². The molecule has 0 N–H and O–H groups in total. The van der Waals surface area contributed by atoms with Crippen LogP contribution in [0.5, 0.6) is 0 Å². The van der Waals surface area contributed by atoms with Crippen LogP contribution in [0, 0.1) is 0 Å². The van der Waals surface area contributed by atoms with E-state index in [-0.39, 0.29) is 98.3 Å². The van der Waals surface area contributed by atoms with Crippen LogP contribution < -0.4 is 29.6 Å². The van der Waals surface area contributed by atoms with Crippen molar-refractivity contribution in [3.63, 3.8) is 0 Å². The third-order valence-corrected chi connectivity index (χ3v) is 0. The normalized spacial score (nSPS) is 0. The van der Waals surface area contributed by atoms with Crippen molar-refractivity contribution in [3.8, 4) is 0 Å². The van der Waals surface area contributed by atoms with Gasteiger partial charge in [-0.05, 0) is 0 Å². The Morgan fingerprint density at radius 1 is 1.00 bits per heavy atom. The zero-order valence-corrected chi connectivity index (χ0v) is 6.73. The third-order valence-electron chi connectivity index (χ3n) is 0. The van der Waals surface area contributed by atoms with Crippen molar-refractivity contribution in [1.29, 1.82) is 0 Å². The molecule has 0 unspecified atom stereocenters. The zero-order chi connectivity index (χ0) is 0. The summed E-state index contributed by atoms with van der Waals surface area (Å²) in [4.78, 5) is 0. The van der Waals surface area contributed by atoms with Crippen LogP contribution in [0.25, 0.3) is 0 Å². The molecule has 0 amide bonds. The molecule has 0 rings (SSSR count). The van der Waals surface area contributed by atoms with Crippen LogP contribution in [0.1, 0.15) is 4.28 Å². The Balaban J connectivity index is 0. The number of hydrogen-bond donors (Lipinski definition) is 0. The van der Waals surface area contributed by atoms with Gasteiger partial charge in [-0.15, -0.1) is 0 Å². The summed E-state index contributed by atoms with van der Waals surface area (Å²) >= 11 is 0. The average molecular weight is 136 g/mol. The van der Waals surface area contributed by atoms with Gasteiger partial charge in [0.25, 0.3) is 0 Å². The van der Waals surface area contributed by atoms with Crippen molar-refractivity contribution in [2.24, 2.45) is 0 Å². The molecule has 28 valence electrons. The van der Waals surface area contributed by atoms with Gasteiger partial charge in [0, 0.05) is 0 Å².